The summed E-state index contributed by atoms with van der Waals surface area (Å²) in [6.07, 6.45) is 1.21. The Hall–Kier alpha value is -1.65. The monoisotopic (exact) mass is 275 g/mol. The van der Waals surface area contributed by atoms with Gasteiger partial charge in [-0.15, -0.1) is 0 Å². The summed E-state index contributed by atoms with van der Waals surface area (Å²) < 4.78 is 23.1. The van der Waals surface area contributed by atoms with E-state index >= 15 is 0 Å². The molecule has 2 N–H and O–H groups in total. The van der Waals surface area contributed by atoms with Crippen molar-refractivity contribution in [1.82, 2.24) is 0 Å². The predicted octanol–water partition coefficient (Wildman–Crippen LogP) is 2.78. The Bertz CT molecular complexity index is 674. The molecule has 0 aliphatic rings. The molecule has 2 aromatic carbocycles. The van der Waals surface area contributed by atoms with Crippen molar-refractivity contribution in [2.45, 2.75) is 17.9 Å². The van der Waals surface area contributed by atoms with Crippen LogP contribution in [0, 0.1) is 0 Å². The van der Waals surface area contributed by atoms with Crippen LogP contribution in [0.1, 0.15) is 18.5 Å². The Balaban J connectivity index is 2.42. The molecule has 1 atom stereocenters. The van der Waals surface area contributed by atoms with Gasteiger partial charge in [0.1, 0.15) is 0 Å². The van der Waals surface area contributed by atoms with E-state index < -0.39 is 9.84 Å². The third-order valence-corrected chi connectivity index (χ3v) is 4.14. The van der Waals surface area contributed by atoms with Crippen molar-refractivity contribution >= 4 is 9.84 Å². The molecule has 19 heavy (non-hydrogen) atoms. The van der Waals surface area contributed by atoms with Crippen molar-refractivity contribution in [1.29, 1.82) is 0 Å². The maximum Gasteiger partial charge on any atom is 0.175 e. The molecular weight excluding hydrogens is 258 g/mol. The second kappa shape index (κ2) is 5.15. The van der Waals surface area contributed by atoms with Crippen LogP contribution in [0.3, 0.4) is 0 Å². The third-order valence-electron chi connectivity index (χ3n) is 3.03. The van der Waals surface area contributed by atoms with Crippen molar-refractivity contribution in [3.63, 3.8) is 0 Å². The number of hydrogen-bond acceptors (Lipinski definition) is 3. The second-order valence-corrected chi connectivity index (χ2v) is 6.73. The summed E-state index contributed by atoms with van der Waals surface area (Å²) in [6.45, 7) is 1.93. The van der Waals surface area contributed by atoms with Gasteiger partial charge in [0.05, 0.1) is 4.90 Å². The van der Waals surface area contributed by atoms with Gasteiger partial charge < -0.3 is 5.73 Å². The summed E-state index contributed by atoms with van der Waals surface area (Å²) in [5.41, 5.74) is 8.73. The average molecular weight is 275 g/mol. The first-order valence-corrected chi connectivity index (χ1v) is 7.93. The lowest BCUT2D eigenvalue weighted by Crippen LogP contribution is -2.04. The average Bonchev–Trinajstić information content (AvgIpc) is 2.38. The molecule has 2 rings (SSSR count). The third kappa shape index (κ3) is 3.22. The number of nitrogens with two attached hydrogens (primary N) is 1. The Morgan fingerprint density at radius 1 is 1.00 bits per heavy atom. The molecule has 0 fully saturated rings. The number of sulfone groups is 1. The molecule has 0 saturated carbocycles. The zero-order chi connectivity index (χ0) is 14.0. The van der Waals surface area contributed by atoms with Crippen LogP contribution in [0.2, 0.25) is 0 Å². The van der Waals surface area contributed by atoms with Crippen LogP contribution in [0.5, 0.6) is 0 Å². The highest BCUT2D eigenvalue weighted by molar-refractivity contribution is 7.90. The SMILES string of the molecule is C[C@H](N)c1ccc(-c2cccc(S(C)(=O)=O)c2)cc1. The highest BCUT2D eigenvalue weighted by Gasteiger charge is 2.08. The molecule has 100 valence electrons. The van der Waals surface area contributed by atoms with E-state index in [4.69, 9.17) is 5.73 Å². The van der Waals surface area contributed by atoms with Gasteiger partial charge >= 0.3 is 0 Å². The van der Waals surface area contributed by atoms with E-state index in [1.165, 1.54) is 6.26 Å². The summed E-state index contributed by atoms with van der Waals surface area (Å²) in [5, 5.41) is 0. The van der Waals surface area contributed by atoms with Gasteiger partial charge in [-0.2, -0.15) is 0 Å². The van der Waals surface area contributed by atoms with E-state index in [1.54, 1.807) is 18.2 Å². The van der Waals surface area contributed by atoms with Crippen molar-refractivity contribution in [3.05, 3.63) is 54.1 Å². The first kappa shape index (κ1) is 13.8. The van der Waals surface area contributed by atoms with E-state index in [9.17, 15) is 8.42 Å². The van der Waals surface area contributed by atoms with E-state index in [-0.39, 0.29) is 6.04 Å². The number of rotatable bonds is 3. The summed E-state index contributed by atoms with van der Waals surface area (Å²) in [6, 6.07) is 14.8. The molecule has 0 aliphatic carbocycles. The zero-order valence-corrected chi connectivity index (χ0v) is 11.8. The van der Waals surface area contributed by atoms with Crippen LogP contribution >= 0.6 is 0 Å². The maximum atomic E-state index is 11.5. The van der Waals surface area contributed by atoms with Gasteiger partial charge in [0.2, 0.25) is 0 Å². The lowest BCUT2D eigenvalue weighted by atomic mass is 10.0. The Kier molecular flexibility index (Phi) is 3.73. The fraction of sp³-hybridized carbons (Fsp3) is 0.200. The minimum Gasteiger partial charge on any atom is -0.324 e. The quantitative estimate of drug-likeness (QED) is 0.937. The van der Waals surface area contributed by atoms with Gasteiger partial charge in [0.15, 0.2) is 9.84 Å². The Labute approximate surface area is 114 Å². The molecule has 0 unspecified atom stereocenters. The smallest absolute Gasteiger partial charge is 0.175 e. The van der Waals surface area contributed by atoms with Crippen molar-refractivity contribution in [2.75, 3.05) is 6.26 Å². The van der Waals surface area contributed by atoms with Crippen LogP contribution in [-0.2, 0) is 9.84 Å². The summed E-state index contributed by atoms with van der Waals surface area (Å²) in [7, 11) is -3.17. The molecule has 0 spiro atoms. The minimum absolute atomic E-state index is 0.00333. The molecule has 0 amide bonds. The lowest BCUT2D eigenvalue weighted by molar-refractivity contribution is 0.602. The molecule has 3 nitrogen and oxygen atoms in total. The highest BCUT2D eigenvalue weighted by atomic mass is 32.2. The summed E-state index contributed by atoms with van der Waals surface area (Å²) in [4.78, 5) is 0.335. The van der Waals surface area contributed by atoms with Crippen LogP contribution in [0.4, 0.5) is 0 Å². The van der Waals surface area contributed by atoms with Gasteiger partial charge in [-0.05, 0) is 35.7 Å². The van der Waals surface area contributed by atoms with Crippen molar-refractivity contribution in [3.8, 4) is 11.1 Å². The molecule has 0 aliphatic heterocycles. The van der Waals surface area contributed by atoms with Crippen molar-refractivity contribution < 1.29 is 8.42 Å². The molecule has 4 heteroatoms. The second-order valence-electron chi connectivity index (χ2n) is 4.71. The van der Waals surface area contributed by atoms with E-state index in [0.717, 1.165) is 16.7 Å². The number of benzene rings is 2. The Morgan fingerprint density at radius 3 is 2.16 bits per heavy atom. The van der Waals surface area contributed by atoms with Gasteiger partial charge in [-0.3, -0.25) is 0 Å². The van der Waals surface area contributed by atoms with Gasteiger partial charge in [0, 0.05) is 12.3 Å². The lowest BCUT2D eigenvalue weighted by Gasteiger charge is -2.08. The van der Waals surface area contributed by atoms with Gasteiger partial charge in [0.25, 0.3) is 0 Å². The summed E-state index contributed by atoms with van der Waals surface area (Å²) >= 11 is 0. The molecule has 0 radical (unpaired) electrons. The fourth-order valence-electron chi connectivity index (χ4n) is 1.89. The maximum absolute atomic E-state index is 11.5. The summed E-state index contributed by atoms with van der Waals surface area (Å²) in [5.74, 6) is 0. The van der Waals surface area contributed by atoms with Gasteiger partial charge in [-0.25, -0.2) is 8.42 Å². The number of hydrogen-bond donors (Lipinski definition) is 1. The topological polar surface area (TPSA) is 60.2 Å². The molecular formula is C15H17NO2S. The molecule has 2 aromatic rings. The van der Waals surface area contributed by atoms with Crippen LogP contribution in [0.15, 0.2) is 53.4 Å². The zero-order valence-electron chi connectivity index (χ0n) is 11.0. The highest BCUT2D eigenvalue weighted by Crippen LogP contribution is 2.23. The van der Waals surface area contributed by atoms with Crippen LogP contribution in [0.25, 0.3) is 11.1 Å². The largest absolute Gasteiger partial charge is 0.324 e. The Morgan fingerprint density at radius 2 is 1.63 bits per heavy atom. The normalized spacial score (nSPS) is 13.2. The van der Waals surface area contributed by atoms with Crippen molar-refractivity contribution in [2.24, 2.45) is 5.73 Å². The first-order chi connectivity index (χ1) is 8.88. The fourth-order valence-corrected chi connectivity index (χ4v) is 2.55. The van der Waals surface area contributed by atoms with Gasteiger partial charge in [-0.1, -0.05) is 36.4 Å². The first-order valence-electron chi connectivity index (χ1n) is 6.04. The van der Waals surface area contributed by atoms with E-state index in [2.05, 4.69) is 0 Å². The minimum atomic E-state index is -3.17. The van der Waals surface area contributed by atoms with Crippen LogP contribution < -0.4 is 5.73 Å². The predicted molar refractivity (Wildman–Crippen MR) is 77.6 cm³/mol. The van der Waals surface area contributed by atoms with E-state index in [0.29, 0.717) is 4.90 Å². The molecule has 0 bridgehead atoms. The molecule has 0 heterocycles. The van der Waals surface area contributed by atoms with E-state index in [1.807, 2.05) is 37.3 Å². The standard InChI is InChI=1S/C15H17NO2S/c1-11(16)12-6-8-13(9-7-12)14-4-3-5-15(10-14)19(2,17)18/h3-11H,16H2,1-2H3/t11-/m0/s1. The molecule has 0 aromatic heterocycles. The molecule has 0 saturated heterocycles. The van der Waals surface area contributed by atoms with Crippen LogP contribution in [-0.4, -0.2) is 14.7 Å².